The molecular formula is C34H32ClN7O3. The number of nitrogens with zero attached hydrogens (tertiary/aromatic N) is 7. The number of aromatic nitrogens is 4. The molecular weight excluding hydrogens is 590 g/mol. The second kappa shape index (κ2) is 11.5. The molecule has 11 heteroatoms. The van der Waals surface area contributed by atoms with Gasteiger partial charge in [0.15, 0.2) is 0 Å². The van der Waals surface area contributed by atoms with Crippen LogP contribution in [0.2, 0.25) is 5.02 Å². The van der Waals surface area contributed by atoms with Crippen LogP contribution in [0.4, 0.5) is 11.6 Å². The highest BCUT2D eigenvalue weighted by atomic mass is 35.5. The molecule has 10 nitrogen and oxygen atoms in total. The molecule has 0 spiro atoms. The fourth-order valence-electron chi connectivity index (χ4n) is 6.41. The van der Waals surface area contributed by atoms with Crippen molar-refractivity contribution in [2.24, 2.45) is 0 Å². The molecule has 1 unspecified atom stereocenters. The van der Waals surface area contributed by atoms with Crippen LogP contribution in [0.15, 0.2) is 77.9 Å². The van der Waals surface area contributed by atoms with Crippen LogP contribution in [-0.2, 0) is 6.54 Å². The van der Waals surface area contributed by atoms with Crippen LogP contribution in [0.3, 0.4) is 0 Å². The highest BCUT2D eigenvalue weighted by Crippen LogP contribution is 2.40. The summed E-state index contributed by atoms with van der Waals surface area (Å²) in [5, 5.41) is 0.732. The first-order valence-corrected chi connectivity index (χ1v) is 15.2. The second-order valence-electron chi connectivity index (χ2n) is 11.5. The zero-order valence-corrected chi connectivity index (χ0v) is 26.0. The summed E-state index contributed by atoms with van der Waals surface area (Å²) in [6.07, 6.45) is 3.08. The van der Waals surface area contributed by atoms with E-state index in [2.05, 4.69) is 14.8 Å². The Balaban J connectivity index is 1.36. The van der Waals surface area contributed by atoms with Gasteiger partial charge in [0.2, 0.25) is 0 Å². The number of anilines is 2. The Hall–Kier alpha value is -4.96. The van der Waals surface area contributed by atoms with Crippen molar-refractivity contribution in [1.29, 1.82) is 0 Å². The van der Waals surface area contributed by atoms with Gasteiger partial charge in [0.05, 0.1) is 41.4 Å². The van der Waals surface area contributed by atoms with Crippen LogP contribution in [0.5, 0.6) is 5.75 Å². The number of benzene rings is 3. The summed E-state index contributed by atoms with van der Waals surface area (Å²) < 4.78 is 6.99. The number of ether oxygens (including phenoxy) is 1. The molecule has 2 aliphatic rings. The van der Waals surface area contributed by atoms with E-state index in [0.717, 1.165) is 29.7 Å². The van der Waals surface area contributed by atoms with Gasteiger partial charge < -0.3 is 19.4 Å². The number of hydrogen-bond donors (Lipinski definition) is 0. The molecule has 2 aromatic heterocycles. The molecule has 4 heterocycles. The molecule has 1 amide bonds. The van der Waals surface area contributed by atoms with Gasteiger partial charge in [-0.2, -0.15) is 0 Å². The van der Waals surface area contributed by atoms with Crippen molar-refractivity contribution < 1.29 is 9.53 Å². The van der Waals surface area contributed by atoms with Crippen molar-refractivity contribution in [2.45, 2.75) is 32.4 Å². The number of hydrogen-bond acceptors (Lipinski definition) is 8. The highest BCUT2D eigenvalue weighted by molar-refractivity contribution is 6.35. The largest absolute Gasteiger partial charge is 0.497 e. The van der Waals surface area contributed by atoms with Crippen molar-refractivity contribution in [1.82, 2.24) is 24.4 Å². The smallest absolute Gasteiger partial charge is 0.267 e. The number of amides is 1. The Kier molecular flexibility index (Phi) is 7.37. The number of halogens is 1. The lowest BCUT2D eigenvalue weighted by Crippen LogP contribution is -2.46. The summed E-state index contributed by atoms with van der Waals surface area (Å²) in [4.78, 5) is 48.2. The summed E-state index contributed by atoms with van der Waals surface area (Å²) in [5.41, 5.74) is 3.53. The highest BCUT2D eigenvalue weighted by Gasteiger charge is 2.38. The lowest BCUT2D eigenvalue weighted by atomic mass is 10.1. The van der Waals surface area contributed by atoms with Gasteiger partial charge in [-0.3, -0.25) is 14.2 Å². The minimum atomic E-state index is -0.323. The van der Waals surface area contributed by atoms with E-state index >= 15 is 0 Å². The standard InChI is InChI=1S/C34H32ClN7O3/c1-21-7-4-8-23(17-21)42-30(38-26-10-5-9-25(35)28(26)34(42)44)27-11-6-16-41(27)32-29-31(36-19-37-32)40(20-39(2)33(29)43)18-22-12-14-24(45-3)15-13-22/h4-5,7-10,12-15,17,19,27H,6,11,16,18,20H2,1-3H3. The first-order chi connectivity index (χ1) is 21.8. The van der Waals surface area contributed by atoms with Gasteiger partial charge in [0, 0.05) is 20.1 Å². The van der Waals surface area contributed by atoms with E-state index in [4.69, 9.17) is 26.3 Å². The van der Waals surface area contributed by atoms with E-state index in [0.29, 0.717) is 64.4 Å². The maximum Gasteiger partial charge on any atom is 0.267 e. The quantitative estimate of drug-likeness (QED) is 0.244. The van der Waals surface area contributed by atoms with Crippen molar-refractivity contribution >= 4 is 40.0 Å². The normalized spacial score (nSPS) is 16.4. The molecule has 0 N–H and O–H groups in total. The zero-order valence-electron chi connectivity index (χ0n) is 25.3. The average molecular weight is 622 g/mol. The molecule has 0 radical (unpaired) electrons. The van der Waals surface area contributed by atoms with Gasteiger partial charge in [0.25, 0.3) is 11.5 Å². The fourth-order valence-corrected chi connectivity index (χ4v) is 6.66. The minimum absolute atomic E-state index is 0.147. The van der Waals surface area contributed by atoms with Gasteiger partial charge >= 0.3 is 0 Å². The first-order valence-electron chi connectivity index (χ1n) is 14.9. The lowest BCUT2D eigenvalue weighted by molar-refractivity contribution is 0.0780. The van der Waals surface area contributed by atoms with Crippen molar-refractivity contribution in [2.75, 3.05) is 37.2 Å². The van der Waals surface area contributed by atoms with E-state index in [1.165, 1.54) is 6.33 Å². The molecule has 1 saturated heterocycles. The molecule has 2 aliphatic heterocycles. The lowest BCUT2D eigenvalue weighted by Gasteiger charge is -2.37. The Labute approximate surface area is 265 Å². The average Bonchev–Trinajstić information content (AvgIpc) is 3.53. The number of carbonyl (C=O) groups excluding carboxylic acids is 1. The molecule has 1 atom stereocenters. The van der Waals surface area contributed by atoms with E-state index in [1.807, 2.05) is 61.5 Å². The Bertz CT molecular complexity index is 2000. The SMILES string of the molecule is COc1ccc(CN2CN(C)C(=O)c3c2ncnc3N2CCCC2c2nc3cccc(Cl)c3c(=O)n2-c2cccc(C)c2)cc1. The number of fused-ring (bicyclic) bond motifs is 2. The molecule has 0 saturated carbocycles. The molecule has 3 aromatic carbocycles. The van der Waals surface area contributed by atoms with Crippen molar-refractivity contribution in [3.05, 3.63) is 111 Å². The van der Waals surface area contributed by atoms with Crippen molar-refractivity contribution in [3.8, 4) is 11.4 Å². The van der Waals surface area contributed by atoms with Crippen LogP contribution < -0.4 is 20.1 Å². The third-order valence-electron chi connectivity index (χ3n) is 8.54. The van der Waals surface area contributed by atoms with Gasteiger partial charge in [-0.15, -0.1) is 0 Å². The van der Waals surface area contributed by atoms with Crippen LogP contribution in [0.25, 0.3) is 16.6 Å². The van der Waals surface area contributed by atoms with Gasteiger partial charge in [-0.05, 0) is 67.3 Å². The Morgan fingerprint density at radius 1 is 1.00 bits per heavy atom. The monoisotopic (exact) mass is 621 g/mol. The summed E-state index contributed by atoms with van der Waals surface area (Å²) in [5.74, 6) is 2.33. The van der Waals surface area contributed by atoms with Gasteiger partial charge in [0.1, 0.15) is 35.1 Å². The topological polar surface area (TPSA) is 96.7 Å². The third kappa shape index (κ3) is 5.04. The maximum absolute atomic E-state index is 14.2. The number of aryl methyl sites for hydroxylation is 1. The second-order valence-corrected chi connectivity index (χ2v) is 11.9. The molecule has 0 bridgehead atoms. The van der Waals surface area contributed by atoms with Crippen LogP contribution in [-0.4, -0.2) is 57.7 Å². The summed E-state index contributed by atoms with van der Waals surface area (Å²) in [7, 11) is 3.43. The first kappa shape index (κ1) is 28.8. The molecule has 0 aliphatic carbocycles. The number of rotatable bonds is 6. The van der Waals surface area contributed by atoms with Crippen molar-refractivity contribution in [3.63, 3.8) is 0 Å². The number of carbonyl (C=O) groups is 1. The Morgan fingerprint density at radius 2 is 1.78 bits per heavy atom. The minimum Gasteiger partial charge on any atom is -0.497 e. The summed E-state index contributed by atoms with van der Waals surface area (Å²) >= 11 is 6.55. The van der Waals surface area contributed by atoms with E-state index < -0.39 is 0 Å². The predicted octanol–water partition coefficient (Wildman–Crippen LogP) is 5.54. The van der Waals surface area contributed by atoms with E-state index in [1.54, 1.807) is 35.8 Å². The fraction of sp³-hybridized carbons (Fsp3) is 0.265. The van der Waals surface area contributed by atoms with Gasteiger partial charge in [-0.25, -0.2) is 15.0 Å². The predicted molar refractivity (Wildman–Crippen MR) is 175 cm³/mol. The maximum atomic E-state index is 14.2. The van der Waals surface area contributed by atoms with Crippen LogP contribution >= 0.6 is 11.6 Å². The van der Waals surface area contributed by atoms with Crippen LogP contribution in [0, 0.1) is 6.92 Å². The van der Waals surface area contributed by atoms with Crippen LogP contribution in [0.1, 0.15) is 46.2 Å². The molecule has 1 fully saturated rings. The molecule has 7 rings (SSSR count). The van der Waals surface area contributed by atoms with E-state index in [9.17, 15) is 9.59 Å². The molecule has 45 heavy (non-hydrogen) atoms. The summed E-state index contributed by atoms with van der Waals surface area (Å²) in [6, 6.07) is 20.7. The van der Waals surface area contributed by atoms with E-state index in [-0.39, 0.29) is 17.5 Å². The zero-order chi connectivity index (χ0) is 31.2. The Morgan fingerprint density at radius 3 is 2.56 bits per heavy atom. The third-order valence-corrected chi connectivity index (χ3v) is 8.85. The summed E-state index contributed by atoms with van der Waals surface area (Å²) in [6.45, 7) is 3.57. The molecule has 228 valence electrons. The van der Waals surface area contributed by atoms with Gasteiger partial charge in [-0.1, -0.05) is 41.9 Å². The molecule has 5 aromatic rings. The number of methoxy groups -OCH3 is 1.